The Labute approximate surface area is 213 Å². The second-order valence-electron chi connectivity index (χ2n) is 9.43. The van der Waals surface area contributed by atoms with Crippen LogP contribution in [0.1, 0.15) is 40.8 Å². The molecule has 7 heteroatoms. The first-order valence-electron chi connectivity index (χ1n) is 11.6. The SMILES string of the molecule is C[C@H](NC(=O)CN1C(=O)[C@@H]2[C@H](C1=O)C1(Cl)c3ccccc3C2(Cl)c2ccccc21)c1ccccc1. The summed E-state index contributed by atoms with van der Waals surface area (Å²) >= 11 is 14.8. The number of carbonyl (C=O) groups is 3. The number of rotatable bonds is 4. The van der Waals surface area contributed by atoms with Crippen molar-refractivity contribution >= 4 is 40.9 Å². The van der Waals surface area contributed by atoms with Gasteiger partial charge in [-0.2, -0.15) is 0 Å². The van der Waals surface area contributed by atoms with E-state index in [1.165, 1.54) is 0 Å². The summed E-state index contributed by atoms with van der Waals surface area (Å²) in [5.74, 6) is -3.16. The highest BCUT2D eigenvalue weighted by atomic mass is 35.5. The van der Waals surface area contributed by atoms with Crippen molar-refractivity contribution in [3.63, 3.8) is 0 Å². The van der Waals surface area contributed by atoms with Gasteiger partial charge in [-0.15, -0.1) is 23.2 Å². The lowest BCUT2D eigenvalue weighted by Crippen LogP contribution is -2.57. The van der Waals surface area contributed by atoms with Gasteiger partial charge in [-0.3, -0.25) is 19.3 Å². The summed E-state index contributed by atoms with van der Waals surface area (Å²) in [4.78, 5) is 39.0. The smallest absolute Gasteiger partial charge is 0.240 e. The highest BCUT2D eigenvalue weighted by Gasteiger charge is 2.73. The summed E-state index contributed by atoms with van der Waals surface area (Å²) in [5.41, 5.74) is 3.88. The van der Waals surface area contributed by atoms with Gasteiger partial charge in [0.05, 0.1) is 17.9 Å². The van der Waals surface area contributed by atoms with Crippen LogP contribution >= 0.6 is 23.2 Å². The minimum atomic E-state index is -1.25. The van der Waals surface area contributed by atoms with Gasteiger partial charge in [0, 0.05) is 0 Å². The minimum Gasteiger partial charge on any atom is -0.348 e. The summed E-state index contributed by atoms with van der Waals surface area (Å²) < 4.78 is 0. The Hall–Kier alpha value is -3.15. The van der Waals surface area contributed by atoms with E-state index in [1.807, 2.05) is 85.8 Å². The second kappa shape index (κ2) is 7.67. The molecule has 1 saturated heterocycles. The Balaban J connectivity index is 1.38. The van der Waals surface area contributed by atoms with Crippen LogP contribution in [-0.4, -0.2) is 29.2 Å². The molecule has 3 aromatic carbocycles. The molecule has 3 aromatic rings. The van der Waals surface area contributed by atoms with E-state index in [0.717, 1.165) is 32.7 Å². The van der Waals surface area contributed by atoms with E-state index in [4.69, 9.17) is 23.2 Å². The molecule has 1 heterocycles. The molecule has 1 aliphatic heterocycles. The van der Waals surface area contributed by atoms with Crippen LogP contribution in [0.15, 0.2) is 78.9 Å². The van der Waals surface area contributed by atoms with E-state index in [2.05, 4.69) is 5.32 Å². The van der Waals surface area contributed by atoms with Gasteiger partial charge < -0.3 is 5.32 Å². The van der Waals surface area contributed by atoms with Gasteiger partial charge in [0.15, 0.2) is 0 Å². The third-order valence-electron chi connectivity index (χ3n) is 7.66. The van der Waals surface area contributed by atoms with Crippen LogP contribution in [-0.2, 0) is 24.1 Å². The number of alkyl halides is 2. The number of carbonyl (C=O) groups excluding carboxylic acids is 3. The molecule has 0 aromatic heterocycles. The van der Waals surface area contributed by atoms with Crippen molar-refractivity contribution in [3.05, 3.63) is 107 Å². The number of likely N-dealkylation sites (tertiary alicyclic amines) is 1. The molecule has 35 heavy (non-hydrogen) atoms. The van der Waals surface area contributed by atoms with Crippen molar-refractivity contribution in [1.82, 2.24) is 10.2 Å². The molecular formula is C28H22Cl2N2O3. The predicted molar refractivity (Wildman–Crippen MR) is 133 cm³/mol. The largest absolute Gasteiger partial charge is 0.348 e. The lowest BCUT2D eigenvalue weighted by molar-refractivity contribution is -0.144. The van der Waals surface area contributed by atoms with Crippen molar-refractivity contribution in [2.75, 3.05) is 6.54 Å². The highest BCUT2D eigenvalue weighted by Crippen LogP contribution is 2.69. The maximum Gasteiger partial charge on any atom is 0.240 e. The van der Waals surface area contributed by atoms with Crippen LogP contribution in [0.5, 0.6) is 0 Å². The monoisotopic (exact) mass is 504 g/mol. The summed E-state index contributed by atoms with van der Waals surface area (Å²) in [6.07, 6.45) is 0. The number of hydrogen-bond donors (Lipinski definition) is 1. The molecular weight excluding hydrogens is 483 g/mol. The molecule has 7 rings (SSSR count). The van der Waals surface area contributed by atoms with Gasteiger partial charge in [-0.05, 0) is 34.7 Å². The molecule has 0 radical (unpaired) electrons. The molecule has 5 nitrogen and oxygen atoms in total. The fourth-order valence-electron chi connectivity index (χ4n) is 6.14. The lowest BCUT2D eigenvalue weighted by atomic mass is 9.54. The molecule has 3 amide bonds. The molecule has 4 aliphatic rings. The molecule has 1 fully saturated rings. The van der Waals surface area contributed by atoms with Gasteiger partial charge in [-0.1, -0.05) is 78.9 Å². The van der Waals surface area contributed by atoms with Crippen LogP contribution < -0.4 is 5.32 Å². The molecule has 0 saturated carbocycles. The number of nitrogens with zero attached hydrogens (tertiary/aromatic N) is 1. The Morgan fingerprint density at radius 2 is 1.20 bits per heavy atom. The zero-order chi connectivity index (χ0) is 24.5. The molecule has 0 unspecified atom stereocenters. The average molecular weight is 505 g/mol. The predicted octanol–water partition coefficient (Wildman–Crippen LogP) is 4.46. The van der Waals surface area contributed by atoms with E-state index >= 15 is 0 Å². The molecule has 2 bridgehead atoms. The Bertz CT molecular complexity index is 1270. The number of amides is 3. The van der Waals surface area contributed by atoms with Crippen LogP contribution in [0.4, 0.5) is 0 Å². The molecule has 0 spiro atoms. The maximum absolute atomic E-state index is 13.8. The van der Waals surface area contributed by atoms with Gasteiger partial charge in [0.2, 0.25) is 17.7 Å². The fourth-order valence-corrected chi connectivity index (χ4v) is 7.23. The first kappa shape index (κ1) is 22.3. The number of hydrogen-bond acceptors (Lipinski definition) is 3. The van der Waals surface area contributed by atoms with Crippen molar-refractivity contribution in [2.45, 2.75) is 22.7 Å². The van der Waals surface area contributed by atoms with E-state index in [9.17, 15) is 14.4 Å². The molecule has 1 N–H and O–H groups in total. The number of halogens is 2. The van der Waals surface area contributed by atoms with E-state index < -0.39 is 39.3 Å². The number of benzene rings is 3. The molecule has 3 atom stereocenters. The van der Waals surface area contributed by atoms with E-state index in [-0.39, 0.29) is 12.6 Å². The van der Waals surface area contributed by atoms with E-state index in [1.54, 1.807) is 0 Å². The standard InChI is InChI=1S/C28H22Cl2N2O3/c1-16(17-9-3-2-4-10-17)31-22(33)15-32-25(34)23-24(26(32)35)28(30)19-12-6-5-11-18(19)27(23,29)20-13-7-8-14-21(20)28/h2-14,16,23-24H,15H2,1H3,(H,31,33)/t16-,23-,24+,27?,28?/m0/s1. The van der Waals surface area contributed by atoms with Crippen molar-refractivity contribution < 1.29 is 14.4 Å². The normalized spacial score (nSPS) is 28.8. The summed E-state index contributed by atoms with van der Waals surface area (Å²) in [5, 5.41) is 2.89. The van der Waals surface area contributed by atoms with Crippen LogP contribution in [0.2, 0.25) is 0 Å². The Morgan fingerprint density at radius 1 is 0.800 bits per heavy atom. The van der Waals surface area contributed by atoms with Crippen molar-refractivity contribution in [2.24, 2.45) is 11.8 Å². The highest BCUT2D eigenvalue weighted by molar-refractivity contribution is 6.36. The number of imide groups is 1. The number of nitrogens with one attached hydrogen (secondary N) is 1. The van der Waals surface area contributed by atoms with Crippen molar-refractivity contribution in [3.8, 4) is 0 Å². The zero-order valence-corrected chi connectivity index (χ0v) is 20.4. The third kappa shape index (κ3) is 2.85. The fraction of sp³-hybridized carbons (Fsp3) is 0.250. The van der Waals surface area contributed by atoms with Crippen molar-refractivity contribution in [1.29, 1.82) is 0 Å². The first-order chi connectivity index (χ1) is 16.8. The van der Waals surface area contributed by atoms with Gasteiger partial charge in [0.25, 0.3) is 0 Å². The third-order valence-corrected chi connectivity index (χ3v) is 8.94. The lowest BCUT2D eigenvalue weighted by Gasteiger charge is -2.54. The van der Waals surface area contributed by atoms with Crippen LogP contribution in [0.3, 0.4) is 0 Å². The van der Waals surface area contributed by atoms with Gasteiger partial charge in [0.1, 0.15) is 16.3 Å². The second-order valence-corrected chi connectivity index (χ2v) is 10.6. The van der Waals surface area contributed by atoms with Crippen LogP contribution in [0, 0.1) is 11.8 Å². The minimum absolute atomic E-state index is 0.276. The molecule has 3 aliphatic carbocycles. The maximum atomic E-state index is 13.8. The zero-order valence-electron chi connectivity index (χ0n) is 18.9. The van der Waals surface area contributed by atoms with E-state index in [0.29, 0.717) is 0 Å². The topological polar surface area (TPSA) is 66.5 Å². The summed E-state index contributed by atoms with van der Waals surface area (Å²) in [6, 6.07) is 24.2. The van der Waals surface area contributed by atoms with Crippen LogP contribution in [0.25, 0.3) is 0 Å². The average Bonchev–Trinajstić information content (AvgIpc) is 3.13. The van der Waals surface area contributed by atoms with Gasteiger partial charge in [-0.25, -0.2) is 0 Å². The Morgan fingerprint density at radius 3 is 1.63 bits per heavy atom. The quantitative estimate of drug-likeness (QED) is 0.421. The summed E-state index contributed by atoms with van der Waals surface area (Å²) in [7, 11) is 0. The first-order valence-corrected chi connectivity index (χ1v) is 12.3. The van der Waals surface area contributed by atoms with Gasteiger partial charge >= 0.3 is 0 Å². The Kier molecular flexibility index (Phi) is 4.89. The molecule has 176 valence electrons. The summed E-state index contributed by atoms with van der Waals surface area (Å²) in [6.45, 7) is 1.48.